The van der Waals surface area contributed by atoms with Crippen molar-refractivity contribution in [3.63, 3.8) is 0 Å². The van der Waals surface area contributed by atoms with Crippen LogP contribution in [-0.2, 0) is 9.59 Å². The van der Waals surface area contributed by atoms with E-state index in [0.29, 0.717) is 25.9 Å². The number of rotatable bonds is 7. The summed E-state index contributed by atoms with van der Waals surface area (Å²) in [6.07, 6.45) is 1.06. The summed E-state index contributed by atoms with van der Waals surface area (Å²) in [4.78, 5) is 26.2. The Kier molecular flexibility index (Phi) is 8.49. The molecule has 0 aromatic rings. The standard InChI is InChI=1S/C11H21IN2O3/c1-9(12)11(17)14(3)6-4-5-10(16)13(2)7-8-15/h9,15H,4-8H2,1-3H3/t9-/m1/s1. The highest BCUT2D eigenvalue weighted by Gasteiger charge is 2.14. The van der Waals surface area contributed by atoms with Crippen molar-refractivity contribution in [2.24, 2.45) is 0 Å². The van der Waals surface area contributed by atoms with E-state index in [4.69, 9.17) is 5.11 Å². The van der Waals surface area contributed by atoms with Crippen LogP contribution in [0.25, 0.3) is 0 Å². The van der Waals surface area contributed by atoms with Crippen molar-refractivity contribution < 1.29 is 14.7 Å². The molecule has 0 unspecified atom stereocenters. The van der Waals surface area contributed by atoms with Crippen LogP contribution in [0.2, 0.25) is 0 Å². The number of likely N-dealkylation sites (N-methyl/N-ethyl adjacent to an activating group) is 1. The maximum atomic E-state index is 11.5. The predicted molar refractivity (Wildman–Crippen MR) is 75.1 cm³/mol. The third kappa shape index (κ3) is 6.82. The summed E-state index contributed by atoms with van der Waals surface area (Å²) in [5.74, 6) is 0.0872. The van der Waals surface area contributed by atoms with E-state index in [2.05, 4.69) is 22.6 Å². The van der Waals surface area contributed by atoms with Gasteiger partial charge in [0.2, 0.25) is 11.8 Å². The first-order valence-electron chi connectivity index (χ1n) is 5.64. The van der Waals surface area contributed by atoms with Gasteiger partial charge in [-0.25, -0.2) is 0 Å². The molecule has 0 aromatic heterocycles. The minimum absolute atomic E-state index is 0.00224. The SMILES string of the molecule is C[C@@H](I)C(=O)N(C)CCCC(=O)N(C)CCO. The summed E-state index contributed by atoms with van der Waals surface area (Å²) < 4.78 is -0.0367. The number of aliphatic hydroxyl groups excluding tert-OH is 1. The number of carbonyl (C=O) groups excluding carboxylic acids is 2. The number of hydrogen-bond donors (Lipinski definition) is 1. The highest BCUT2D eigenvalue weighted by Crippen LogP contribution is 2.05. The van der Waals surface area contributed by atoms with Crippen LogP contribution in [0.3, 0.4) is 0 Å². The molecule has 100 valence electrons. The van der Waals surface area contributed by atoms with E-state index in [1.165, 1.54) is 4.90 Å². The molecule has 0 spiro atoms. The zero-order valence-electron chi connectivity index (χ0n) is 10.6. The molecule has 0 aromatic carbocycles. The third-order valence-electron chi connectivity index (χ3n) is 2.46. The Hall–Kier alpha value is -0.370. The van der Waals surface area contributed by atoms with Gasteiger partial charge in [-0.1, -0.05) is 22.6 Å². The van der Waals surface area contributed by atoms with E-state index in [9.17, 15) is 9.59 Å². The smallest absolute Gasteiger partial charge is 0.234 e. The first-order valence-corrected chi connectivity index (χ1v) is 6.88. The lowest BCUT2D eigenvalue weighted by atomic mass is 10.2. The van der Waals surface area contributed by atoms with Crippen molar-refractivity contribution in [3.05, 3.63) is 0 Å². The number of alkyl halides is 1. The Morgan fingerprint density at radius 2 is 1.82 bits per heavy atom. The van der Waals surface area contributed by atoms with Crippen LogP contribution in [0, 0.1) is 0 Å². The first kappa shape index (κ1) is 16.6. The molecule has 17 heavy (non-hydrogen) atoms. The van der Waals surface area contributed by atoms with Gasteiger partial charge < -0.3 is 14.9 Å². The Morgan fingerprint density at radius 1 is 1.24 bits per heavy atom. The third-order valence-corrected chi connectivity index (χ3v) is 2.99. The number of aliphatic hydroxyl groups is 1. The molecular weight excluding hydrogens is 335 g/mol. The lowest BCUT2D eigenvalue weighted by Gasteiger charge is -2.20. The molecule has 0 rings (SSSR count). The molecule has 0 bridgehead atoms. The van der Waals surface area contributed by atoms with Crippen molar-refractivity contribution in [1.82, 2.24) is 9.80 Å². The van der Waals surface area contributed by atoms with Crippen LogP contribution in [0.5, 0.6) is 0 Å². The van der Waals surface area contributed by atoms with Crippen molar-refractivity contribution in [1.29, 1.82) is 0 Å². The van der Waals surface area contributed by atoms with Crippen LogP contribution in [0.1, 0.15) is 19.8 Å². The first-order chi connectivity index (χ1) is 7.90. The fourth-order valence-corrected chi connectivity index (χ4v) is 1.82. The molecule has 0 saturated heterocycles. The van der Waals surface area contributed by atoms with Crippen LogP contribution in [-0.4, -0.2) is 64.4 Å². The molecule has 0 fully saturated rings. The van der Waals surface area contributed by atoms with Crippen molar-refractivity contribution in [2.45, 2.75) is 23.7 Å². The molecule has 5 nitrogen and oxygen atoms in total. The summed E-state index contributed by atoms with van der Waals surface area (Å²) >= 11 is 2.08. The number of carbonyl (C=O) groups is 2. The fraction of sp³-hybridized carbons (Fsp3) is 0.818. The summed E-state index contributed by atoms with van der Waals surface area (Å²) in [6.45, 7) is 2.77. The largest absolute Gasteiger partial charge is 0.395 e. The highest BCUT2D eigenvalue weighted by molar-refractivity contribution is 14.1. The molecule has 0 heterocycles. The van der Waals surface area contributed by atoms with E-state index in [1.807, 2.05) is 6.92 Å². The number of nitrogens with zero attached hydrogens (tertiary/aromatic N) is 2. The average molecular weight is 356 g/mol. The highest BCUT2D eigenvalue weighted by atomic mass is 127. The monoisotopic (exact) mass is 356 g/mol. The van der Waals surface area contributed by atoms with Crippen molar-refractivity contribution in [3.8, 4) is 0 Å². The maximum absolute atomic E-state index is 11.5. The Balaban J connectivity index is 3.84. The van der Waals surface area contributed by atoms with E-state index < -0.39 is 0 Å². The Morgan fingerprint density at radius 3 is 2.29 bits per heavy atom. The zero-order chi connectivity index (χ0) is 13.4. The lowest BCUT2D eigenvalue weighted by Crippen LogP contribution is -2.34. The number of halogens is 1. The molecule has 0 saturated carbocycles. The summed E-state index contributed by atoms with van der Waals surface area (Å²) in [5.41, 5.74) is 0. The van der Waals surface area contributed by atoms with Gasteiger partial charge in [-0.05, 0) is 13.3 Å². The van der Waals surface area contributed by atoms with Crippen LogP contribution >= 0.6 is 22.6 Å². The van der Waals surface area contributed by atoms with E-state index >= 15 is 0 Å². The van der Waals surface area contributed by atoms with Gasteiger partial charge in [-0.2, -0.15) is 0 Å². The molecule has 0 aliphatic carbocycles. The predicted octanol–water partition coefficient (Wildman–Crippen LogP) is 0.499. The van der Waals surface area contributed by atoms with E-state index in [-0.39, 0.29) is 22.3 Å². The second kappa shape index (κ2) is 8.68. The minimum Gasteiger partial charge on any atom is -0.395 e. The van der Waals surface area contributed by atoms with Gasteiger partial charge in [0.05, 0.1) is 10.5 Å². The van der Waals surface area contributed by atoms with Gasteiger partial charge in [-0.15, -0.1) is 0 Å². The molecule has 0 aliphatic heterocycles. The molecule has 1 atom stereocenters. The van der Waals surface area contributed by atoms with Crippen LogP contribution < -0.4 is 0 Å². The van der Waals surface area contributed by atoms with Gasteiger partial charge in [0.15, 0.2) is 0 Å². The van der Waals surface area contributed by atoms with E-state index in [1.54, 1.807) is 19.0 Å². The average Bonchev–Trinajstić information content (AvgIpc) is 2.27. The summed E-state index contributed by atoms with van der Waals surface area (Å²) in [7, 11) is 3.42. The lowest BCUT2D eigenvalue weighted by molar-refractivity contribution is -0.132. The minimum atomic E-state index is -0.0367. The topological polar surface area (TPSA) is 60.9 Å². The van der Waals surface area contributed by atoms with Gasteiger partial charge in [0.25, 0.3) is 0 Å². The maximum Gasteiger partial charge on any atom is 0.234 e. The summed E-state index contributed by atoms with van der Waals surface area (Å²) in [5, 5.41) is 8.69. The van der Waals surface area contributed by atoms with E-state index in [0.717, 1.165) is 0 Å². The molecular formula is C11H21IN2O3. The number of amides is 2. The molecule has 1 N–H and O–H groups in total. The Labute approximate surface area is 116 Å². The molecule has 0 radical (unpaired) electrons. The zero-order valence-corrected chi connectivity index (χ0v) is 12.8. The van der Waals surface area contributed by atoms with Crippen LogP contribution in [0.15, 0.2) is 0 Å². The van der Waals surface area contributed by atoms with Crippen molar-refractivity contribution >= 4 is 34.4 Å². The van der Waals surface area contributed by atoms with Gasteiger partial charge >= 0.3 is 0 Å². The number of hydrogen-bond acceptors (Lipinski definition) is 3. The normalized spacial score (nSPS) is 12.1. The molecule has 6 heteroatoms. The fourth-order valence-electron chi connectivity index (χ4n) is 1.35. The quantitative estimate of drug-likeness (QED) is 0.534. The molecule has 2 amide bonds. The molecule has 0 aliphatic rings. The summed E-state index contributed by atoms with van der Waals surface area (Å²) in [6, 6.07) is 0. The van der Waals surface area contributed by atoms with Crippen molar-refractivity contribution in [2.75, 3.05) is 33.8 Å². The van der Waals surface area contributed by atoms with Gasteiger partial charge in [0, 0.05) is 33.6 Å². The second-order valence-electron chi connectivity index (χ2n) is 4.02. The van der Waals surface area contributed by atoms with Gasteiger partial charge in [-0.3, -0.25) is 9.59 Å². The second-order valence-corrected chi connectivity index (χ2v) is 5.89. The van der Waals surface area contributed by atoms with Gasteiger partial charge in [0.1, 0.15) is 0 Å². The Bertz CT molecular complexity index is 259. The van der Waals surface area contributed by atoms with Crippen LogP contribution in [0.4, 0.5) is 0 Å².